The van der Waals surface area contributed by atoms with Gasteiger partial charge in [0.1, 0.15) is 5.60 Å². The number of rotatable bonds is 4. The molecule has 4 saturated carbocycles. The first-order valence-corrected chi connectivity index (χ1v) is 13.4. The van der Waals surface area contributed by atoms with Crippen molar-refractivity contribution < 1.29 is 19.7 Å². The number of ether oxygens (including phenoxy) is 1. The van der Waals surface area contributed by atoms with E-state index in [4.69, 9.17) is 4.74 Å². The van der Waals surface area contributed by atoms with Gasteiger partial charge >= 0.3 is 5.97 Å². The van der Waals surface area contributed by atoms with Crippen molar-refractivity contribution in [3.8, 4) is 0 Å². The van der Waals surface area contributed by atoms with Crippen LogP contribution in [0.3, 0.4) is 0 Å². The van der Waals surface area contributed by atoms with E-state index in [1.807, 2.05) is 20.8 Å². The van der Waals surface area contributed by atoms with Crippen molar-refractivity contribution in [1.29, 1.82) is 0 Å². The average Bonchev–Trinajstić information content (AvgIpc) is 3.03. The Labute approximate surface area is 195 Å². The third-order valence-electron chi connectivity index (χ3n) is 10.6. The molecule has 4 aliphatic carbocycles. The van der Waals surface area contributed by atoms with Gasteiger partial charge in [-0.3, -0.25) is 4.79 Å². The lowest BCUT2D eigenvalue weighted by molar-refractivity contribution is -0.174. The highest BCUT2D eigenvalue weighted by atomic mass is 16.6. The normalized spacial score (nSPS) is 47.2. The van der Waals surface area contributed by atoms with Gasteiger partial charge in [0, 0.05) is 6.42 Å². The zero-order valence-electron chi connectivity index (χ0n) is 21.4. The van der Waals surface area contributed by atoms with E-state index in [1.165, 1.54) is 25.7 Å². The summed E-state index contributed by atoms with van der Waals surface area (Å²) >= 11 is 0. The minimum absolute atomic E-state index is 0.0751. The SMILES string of the molecule is C[C@H](CCC(=O)OC(C)(C)C)[C@H]1CC[C@H]2[C@@H]3[C@H](O)CC4C[C@H](O)CC[C@]4(C)[C@H]3CC[C@]12C. The Morgan fingerprint density at radius 1 is 1.00 bits per heavy atom. The van der Waals surface area contributed by atoms with Crippen LogP contribution in [0.1, 0.15) is 106 Å². The van der Waals surface area contributed by atoms with Crippen molar-refractivity contribution in [2.75, 3.05) is 0 Å². The molecule has 4 aliphatic rings. The summed E-state index contributed by atoms with van der Waals surface area (Å²) in [4.78, 5) is 12.3. The molecule has 0 aromatic heterocycles. The molecule has 1 unspecified atom stereocenters. The van der Waals surface area contributed by atoms with E-state index >= 15 is 0 Å². The lowest BCUT2D eigenvalue weighted by Crippen LogP contribution is -2.58. The van der Waals surface area contributed by atoms with E-state index in [1.54, 1.807) is 0 Å². The van der Waals surface area contributed by atoms with Crippen LogP contribution in [-0.2, 0) is 9.53 Å². The van der Waals surface area contributed by atoms with Gasteiger partial charge in [-0.15, -0.1) is 0 Å². The number of aliphatic hydroxyl groups excluding tert-OH is 2. The molecule has 0 aromatic carbocycles. The highest BCUT2D eigenvalue weighted by Crippen LogP contribution is 2.68. The smallest absolute Gasteiger partial charge is 0.306 e. The summed E-state index contributed by atoms with van der Waals surface area (Å²) < 4.78 is 5.55. The predicted octanol–water partition coefficient (Wildman–Crippen LogP) is 5.74. The fourth-order valence-corrected chi connectivity index (χ4v) is 9.11. The van der Waals surface area contributed by atoms with E-state index in [2.05, 4.69) is 20.8 Å². The summed E-state index contributed by atoms with van der Waals surface area (Å²) in [6, 6.07) is 0. The first-order valence-electron chi connectivity index (χ1n) is 13.4. The fourth-order valence-electron chi connectivity index (χ4n) is 9.11. The summed E-state index contributed by atoms with van der Waals surface area (Å²) in [6.07, 6.45) is 9.72. The molecule has 4 fully saturated rings. The van der Waals surface area contributed by atoms with Crippen molar-refractivity contribution in [1.82, 2.24) is 0 Å². The van der Waals surface area contributed by atoms with Gasteiger partial charge in [-0.05, 0) is 125 Å². The van der Waals surface area contributed by atoms with Crippen LogP contribution in [0.2, 0.25) is 0 Å². The molecule has 32 heavy (non-hydrogen) atoms. The van der Waals surface area contributed by atoms with Crippen LogP contribution >= 0.6 is 0 Å². The summed E-state index contributed by atoms with van der Waals surface area (Å²) in [5, 5.41) is 21.6. The van der Waals surface area contributed by atoms with Gasteiger partial charge in [0.05, 0.1) is 12.2 Å². The Morgan fingerprint density at radius 3 is 2.34 bits per heavy atom. The Hall–Kier alpha value is -0.610. The minimum atomic E-state index is -0.413. The quantitative estimate of drug-likeness (QED) is 0.539. The number of aliphatic hydroxyl groups is 2. The van der Waals surface area contributed by atoms with Gasteiger partial charge < -0.3 is 14.9 Å². The molecule has 4 heteroatoms. The van der Waals surface area contributed by atoms with Gasteiger partial charge in [0.25, 0.3) is 0 Å². The van der Waals surface area contributed by atoms with Crippen LogP contribution in [0.4, 0.5) is 0 Å². The van der Waals surface area contributed by atoms with E-state index in [0.717, 1.165) is 32.1 Å². The highest BCUT2D eigenvalue weighted by molar-refractivity contribution is 5.69. The van der Waals surface area contributed by atoms with Crippen LogP contribution < -0.4 is 0 Å². The van der Waals surface area contributed by atoms with Crippen molar-refractivity contribution in [3.63, 3.8) is 0 Å². The number of hydrogen-bond acceptors (Lipinski definition) is 4. The Bertz CT molecular complexity index is 698. The van der Waals surface area contributed by atoms with E-state index < -0.39 is 5.60 Å². The molecule has 2 N–H and O–H groups in total. The van der Waals surface area contributed by atoms with Gasteiger partial charge in [-0.2, -0.15) is 0 Å². The second-order valence-electron chi connectivity index (χ2n) is 13.6. The highest BCUT2D eigenvalue weighted by Gasteiger charge is 2.62. The Balaban J connectivity index is 1.46. The standard InChI is InChI=1S/C28H48O4/c1-17(7-10-24(31)32-26(2,3)4)20-8-9-21-25-22(12-14-28(20,21)6)27(5)13-11-19(29)15-18(27)16-23(25)30/h17-23,25,29-30H,7-16H2,1-6H3/t17-,18?,19-,20-,21+,22+,23-,25+,27+,28-/m1/s1. The topological polar surface area (TPSA) is 66.8 Å². The second kappa shape index (κ2) is 8.56. The maximum Gasteiger partial charge on any atom is 0.306 e. The molecule has 4 rings (SSSR count). The Kier molecular flexibility index (Phi) is 6.55. The van der Waals surface area contributed by atoms with Crippen LogP contribution in [-0.4, -0.2) is 34.0 Å². The van der Waals surface area contributed by atoms with Gasteiger partial charge in [-0.1, -0.05) is 20.8 Å². The number of fused-ring (bicyclic) bond motifs is 5. The first-order chi connectivity index (χ1) is 14.8. The lowest BCUT2D eigenvalue weighted by Gasteiger charge is -2.62. The number of esters is 1. The molecule has 0 aromatic rings. The molecule has 0 radical (unpaired) electrons. The predicted molar refractivity (Wildman–Crippen MR) is 127 cm³/mol. The minimum Gasteiger partial charge on any atom is -0.460 e. The number of hydrogen-bond donors (Lipinski definition) is 2. The van der Waals surface area contributed by atoms with E-state index in [9.17, 15) is 15.0 Å². The first kappa shape index (κ1) is 24.5. The van der Waals surface area contributed by atoms with Crippen molar-refractivity contribution in [2.24, 2.45) is 46.3 Å². The molecule has 4 nitrogen and oxygen atoms in total. The zero-order valence-corrected chi connectivity index (χ0v) is 21.4. The molecule has 0 spiro atoms. The molecular weight excluding hydrogens is 400 g/mol. The zero-order chi connectivity index (χ0) is 23.5. The molecule has 0 aliphatic heterocycles. The van der Waals surface area contributed by atoms with Crippen molar-refractivity contribution in [2.45, 2.75) is 124 Å². The number of carbonyl (C=O) groups excluding carboxylic acids is 1. The van der Waals surface area contributed by atoms with E-state index in [-0.39, 0.29) is 29.0 Å². The van der Waals surface area contributed by atoms with Crippen molar-refractivity contribution >= 4 is 5.97 Å². The van der Waals surface area contributed by atoms with Crippen LogP contribution in [0.5, 0.6) is 0 Å². The largest absolute Gasteiger partial charge is 0.460 e. The Morgan fingerprint density at radius 2 is 1.66 bits per heavy atom. The second-order valence-corrected chi connectivity index (χ2v) is 13.6. The summed E-state index contributed by atoms with van der Waals surface area (Å²) in [5.41, 5.74) is 0.140. The molecule has 10 atom stereocenters. The molecule has 0 amide bonds. The average molecular weight is 449 g/mol. The third-order valence-corrected chi connectivity index (χ3v) is 10.6. The fraction of sp³-hybridized carbons (Fsp3) is 0.964. The van der Waals surface area contributed by atoms with Gasteiger partial charge in [0.15, 0.2) is 0 Å². The molecule has 0 heterocycles. The van der Waals surface area contributed by atoms with Crippen LogP contribution in [0.25, 0.3) is 0 Å². The maximum atomic E-state index is 12.3. The van der Waals surface area contributed by atoms with Gasteiger partial charge in [-0.25, -0.2) is 0 Å². The molecule has 184 valence electrons. The van der Waals surface area contributed by atoms with Crippen LogP contribution in [0, 0.1) is 46.3 Å². The van der Waals surface area contributed by atoms with Gasteiger partial charge in [0.2, 0.25) is 0 Å². The lowest BCUT2D eigenvalue weighted by atomic mass is 9.43. The van der Waals surface area contributed by atoms with Crippen LogP contribution in [0.15, 0.2) is 0 Å². The number of carbonyl (C=O) groups is 1. The summed E-state index contributed by atoms with van der Waals surface area (Å²) in [7, 11) is 0. The third kappa shape index (κ3) is 4.28. The monoisotopic (exact) mass is 448 g/mol. The summed E-state index contributed by atoms with van der Waals surface area (Å²) in [5.74, 6) is 3.12. The maximum absolute atomic E-state index is 12.3. The summed E-state index contributed by atoms with van der Waals surface area (Å²) in [6.45, 7) is 13.1. The molecule has 0 bridgehead atoms. The molecule has 0 saturated heterocycles. The van der Waals surface area contributed by atoms with E-state index in [0.29, 0.717) is 41.9 Å². The molecular formula is C28H48O4. The van der Waals surface area contributed by atoms with Crippen molar-refractivity contribution in [3.05, 3.63) is 0 Å².